The van der Waals surface area contributed by atoms with Gasteiger partial charge in [0.25, 0.3) is 5.91 Å². The first-order valence-corrected chi connectivity index (χ1v) is 9.62. The molecule has 1 aliphatic rings. The van der Waals surface area contributed by atoms with Crippen LogP contribution in [0.5, 0.6) is 0 Å². The highest BCUT2D eigenvalue weighted by atomic mass is 32.1. The number of carbonyl (C=O) groups excluding carboxylic acids is 1. The van der Waals surface area contributed by atoms with Gasteiger partial charge < -0.3 is 5.32 Å². The van der Waals surface area contributed by atoms with E-state index in [-0.39, 0.29) is 5.91 Å². The van der Waals surface area contributed by atoms with E-state index in [1.54, 1.807) is 0 Å². The summed E-state index contributed by atoms with van der Waals surface area (Å²) in [6.45, 7) is 10.9. The Bertz CT molecular complexity index is 755. The molecule has 25 heavy (non-hydrogen) atoms. The quantitative estimate of drug-likeness (QED) is 0.483. The predicted molar refractivity (Wildman–Crippen MR) is 111 cm³/mol. The fraction of sp³-hybridized carbons (Fsp3) is 0.409. The van der Waals surface area contributed by atoms with Gasteiger partial charge in [0, 0.05) is 5.57 Å². The first-order chi connectivity index (χ1) is 11.9. The molecule has 1 aromatic carbocycles. The molecular formula is C22H29NOS. The Morgan fingerprint density at radius 2 is 2.00 bits per heavy atom. The number of benzene rings is 1. The number of hydrogen-bond acceptors (Lipinski definition) is 2. The molecule has 1 aromatic rings. The van der Waals surface area contributed by atoms with Crippen molar-refractivity contribution in [3.05, 3.63) is 56.6 Å². The summed E-state index contributed by atoms with van der Waals surface area (Å²) in [5, 5.41) is 3.47. The number of nitrogens with one attached hydrogen (secondary N) is 1. The predicted octanol–water partition coefficient (Wildman–Crippen LogP) is 5.90. The number of hydrogen-bond donors (Lipinski definition) is 2. The van der Waals surface area contributed by atoms with Crippen LogP contribution in [0.15, 0.2) is 39.9 Å². The third-order valence-corrected chi connectivity index (χ3v) is 5.42. The second-order valence-electron chi connectivity index (χ2n) is 6.69. The van der Waals surface area contributed by atoms with Gasteiger partial charge in [0.2, 0.25) is 0 Å². The summed E-state index contributed by atoms with van der Waals surface area (Å²) in [6, 6.07) is 6.40. The lowest BCUT2D eigenvalue weighted by Gasteiger charge is -2.13. The van der Waals surface area contributed by atoms with Crippen LogP contribution in [0, 0.1) is 12.8 Å². The second kappa shape index (κ2) is 8.57. The van der Waals surface area contributed by atoms with E-state index in [9.17, 15) is 4.79 Å². The molecule has 1 unspecified atom stereocenters. The SMILES string of the molecule is CCC1=C(S)NC(=O)/C1=C/c1ccc(/C=C(/CC)C(C)CC)c(C)c1. The van der Waals surface area contributed by atoms with Gasteiger partial charge in [-0.1, -0.05) is 57.5 Å². The summed E-state index contributed by atoms with van der Waals surface area (Å²) in [5.41, 5.74) is 6.74. The van der Waals surface area contributed by atoms with Gasteiger partial charge in [0.15, 0.2) is 0 Å². The van der Waals surface area contributed by atoms with Crippen LogP contribution in [0.2, 0.25) is 0 Å². The Kier molecular flexibility index (Phi) is 6.71. The first-order valence-electron chi connectivity index (χ1n) is 9.17. The molecule has 0 spiro atoms. The van der Waals surface area contributed by atoms with Crippen molar-refractivity contribution >= 4 is 30.7 Å². The summed E-state index contributed by atoms with van der Waals surface area (Å²) in [7, 11) is 0. The molecular weight excluding hydrogens is 326 g/mol. The zero-order chi connectivity index (χ0) is 18.6. The average molecular weight is 356 g/mol. The summed E-state index contributed by atoms with van der Waals surface area (Å²) >= 11 is 4.36. The molecule has 0 saturated carbocycles. The molecule has 0 saturated heterocycles. The minimum Gasteiger partial charge on any atom is -0.317 e. The number of carbonyl (C=O) groups is 1. The maximum atomic E-state index is 12.1. The topological polar surface area (TPSA) is 29.1 Å². The van der Waals surface area contributed by atoms with Crippen molar-refractivity contribution in [2.24, 2.45) is 5.92 Å². The third kappa shape index (κ3) is 4.46. The molecule has 1 heterocycles. The van der Waals surface area contributed by atoms with Crippen molar-refractivity contribution in [3.63, 3.8) is 0 Å². The van der Waals surface area contributed by atoms with Gasteiger partial charge in [-0.15, -0.1) is 12.6 Å². The lowest BCUT2D eigenvalue weighted by molar-refractivity contribution is -0.115. The van der Waals surface area contributed by atoms with Gasteiger partial charge in [0.1, 0.15) is 0 Å². The Balaban J connectivity index is 2.36. The highest BCUT2D eigenvalue weighted by molar-refractivity contribution is 7.84. The van der Waals surface area contributed by atoms with Crippen LogP contribution < -0.4 is 5.32 Å². The van der Waals surface area contributed by atoms with E-state index in [0.29, 0.717) is 10.9 Å². The number of aryl methyl sites for hydroxylation is 1. The second-order valence-corrected chi connectivity index (χ2v) is 7.14. The van der Waals surface area contributed by atoms with Gasteiger partial charge in [-0.05, 0) is 60.4 Å². The lowest BCUT2D eigenvalue weighted by Crippen LogP contribution is -2.14. The minimum atomic E-state index is -0.0616. The molecule has 1 amide bonds. The fourth-order valence-corrected chi connectivity index (χ4v) is 3.58. The Hall–Kier alpha value is -1.74. The maximum absolute atomic E-state index is 12.1. The lowest BCUT2D eigenvalue weighted by atomic mass is 9.92. The Labute approximate surface area is 157 Å². The normalized spacial score (nSPS) is 18.1. The minimum absolute atomic E-state index is 0.0616. The van der Waals surface area contributed by atoms with Gasteiger partial charge in [0.05, 0.1) is 5.03 Å². The summed E-state index contributed by atoms with van der Waals surface area (Å²) in [5.74, 6) is 0.549. The van der Waals surface area contributed by atoms with Crippen LogP contribution in [-0.2, 0) is 4.79 Å². The van der Waals surface area contributed by atoms with E-state index in [4.69, 9.17) is 0 Å². The van der Waals surface area contributed by atoms with E-state index in [0.717, 1.165) is 36.0 Å². The van der Waals surface area contributed by atoms with E-state index >= 15 is 0 Å². The Morgan fingerprint density at radius 1 is 1.28 bits per heavy atom. The number of thiol groups is 1. The molecule has 0 fully saturated rings. The van der Waals surface area contributed by atoms with E-state index in [2.05, 4.69) is 69.9 Å². The molecule has 2 nitrogen and oxygen atoms in total. The van der Waals surface area contributed by atoms with E-state index in [1.165, 1.54) is 16.7 Å². The largest absolute Gasteiger partial charge is 0.317 e. The molecule has 1 aliphatic heterocycles. The van der Waals surface area contributed by atoms with Crippen LogP contribution in [0.4, 0.5) is 0 Å². The zero-order valence-corrected chi connectivity index (χ0v) is 16.8. The molecule has 0 bridgehead atoms. The third-order valence-electron chi connectivity index (χ3n) is 5.04. The summed E-state index contributed by atoms with van der Waals surface area (Å²) in [6.07, 6.45) is 7.32. The molecule has 1 N–H and O–H groups in total. The van der Waals surface area contributed by atoms with Gasteiger partial charge in [-0.3, -0.25) is 4.79 Å². The molecule has 0 aromatic heterocycles. The van der Waals surface area contributed by atoms with Crippen molar-refractivity contribution in [3.8, 4) is 0 Å². The average Bonchev–Trinajstić information content (AvgIpc) is 2.86. The molecule has 0 radical (unpaired) electrons. The van der Waals surface area contributed by atoms with E-state index in [1.807, 2.05) is 13.0 Å². The molecule has 2 rings (SSSR count). The number of rotatable bonds is 6. The van der Waals surface area contributed by atoms with Crippen molar-refractivity contribution in [2.45, 2.75) is 53.9 Å². The van der Waals surface area contributed by atoms with Crippen LogP contribution >= 0.6 is 12.6 Å². The summed E-state index contributed by atoms with van der Waals surface area (Å²) in [4.78, 5) is 12.1. The van der Waals surface area contributed by atoms with Gasteiger partial charge in [-0.25, -0.2) is 0 Å². The van der Waals surface area contributed by atoms with Gasteiger partial charge >= 0.3 is 0 Å². The molecule has 1 atom stereocenters. The highest BCUT2D eigenvalue weighted by Crippen LogP contribution is 2.29. The maximum Gasteiger partial charge on any atom is 0.256 e. The Morgan fingerprint density at radius 3 is 2.56 bits per heavy atom. The standard InChI is InChI=1S/C22H29NOS/c1-6-14(4)17(7-2)13-18-10-9-16(11-15(18)5)12-20-19(8-3)22(25)23-21(20)24/h9-14,25H,6-8H2,1-5H3,(H,23,24)/b17-13-,20-12+. The van der Waals surface area contributed by atoms with Crippen LogP contribution in [0.1, 0.15) is 63.6 Å². The van der Waals surface area contributed by atoms with Crippen molar-refractivity contribution in [2.75, 3.05) is 0 Å². The number of allylic oxidation sites excluding steroid dienone is 1. The monoisotopic (exact) mass is 355 g/mol. The van der Waals surface area contributed by atoms with Gasteiger partial charge in [-0.2, -0.15) is 0 Å². The van der Waals surface area contributed by atoms with E-state index < -0.39 is 0 Å². The van der Waals surface area contributed by atoms with Crippen molar-refractivity contribution in [1.82, 2.24) is 5.32 Å². The molecule has 134 valence electrons. The highest BCUT2D eigenvalue weighted by Gasteiger charge is 2.23. The molecule has 3 heteroatoms. The van der Waals surface area contributed by atoms with Crippen LogP contribution in [0.25, 0.3) is 12.2 Å². The van der Waals surface area contributed by atoms with Crippen molar-refractivity contribution < 1.29 is 4.79 Å². The summed E-state index contributed by atoms with van der Waals surface area (Å²) < 4.78 is 0. The molecule has 0 aliphatic carbocycles. The number of amides is 1. The van der Waals surface area contributed by atoms with Crippen LogP contribution in [0.3, 0.4) is 0 Å². The zero-order valence-electron chi connectivity index (χ0n) is 15.9. The van der Waals surface area contributed by atoms with Crippen LogP contribution in [-0.4, -0.2) is 5.91 Å². The fourth-order valence-electron chi connectivity index (χ4n) is 3.20. The first kappa shape index (κ1) is 19.6. The smallest absolute Gasteiger partial charge is 0.256 e. The van der Waals surface area contributed by atoms with Crippen molar-refractivity contribution in [1.29, 1.82) is 0 Å².